The fourth-order valence-corrected chi connectivity index (χ4v) is 2.27. The highest BCUT2D eigenvalue weighted by Crippen LogP contribution is 2.42. The number of rotatable bonds is 4. The van der Waals surface area contributed by atoms with E-state index in [4.69, 9.17) is 24.7 Å². The summed E-state index contributed by atoms with van der Waals surface area (Å²) in [6, 6.07) is 0. The van der Waals surface area contributed by atoms with Crippen molar-refractivity contribution in [2.75, 3.05) is 7.11 Å². The monoisotopic (exact) mass is 233 g/mol. The van der Waals surface area contributed by atoms with Crippen molar-refractivity contribution < 1.29 is 24.1 Å². The van der Waals surface area contributed by atoms with Crippen LogP contribution in [0, 0.1) is 5.92 Å². The van der Waals surface area contributed by atoms with Crippen LogP contribution >= 0.6 is 0 Å². The lowest BCUT2D eigenvalue weighted by Gasteiger charge is -2.42. The van der Waals surface area contributed by atoms with E-state index < -0.39 is 18.8 Å². The summed E-state index contributed by atoms with van der Waals surface area (Å²) in [4.78, 5) is 0. The van der Waals surface area contributed by atoms with E-state index in [9.17, 15) is 5.11 Å². The Bertz CT molecular complexity index is 251. The maximum atomic E-state index is 9.53. The Morgan fingerprint density at radius 2 is 1.94 bits per heavy atom. The van der Waals surface area contributed by atoms with Gasteiger partial charge in [0.15, 0.2) is 18.8 Å². The molecule has 16 heavy (non-hydrogen) atoms. The largest absolute Gasteiger partial charge is 0.372 e. The molecule has 0 spiro atoms. The summed E-state index contributed by atoms with van der Waals surface area (Å²) in [5, 5.41) is 9.53. The highest BCUT2D eigenvalue weighted by Gasteiger charge is 2.55. The van der Waals surface area contributed by atoms with E-state index in [1.807, 2.05) is 13.8 Å². The maximum absolute atomic E-state index is 9.53. The number of hydrogen-bond donors (Lipinski definition) is 2. The first-order chi connectivity index (χ1) is 7.54. The molecule has 6 nitrogen and oxygen atoms in total. The van der Waals surface area contributed by atoms with E-state index in [2.05, 4.69) is 0 Å². The first-order valence-corrected chi connectivity index (χ1v) is 5.47. The fourth-order valence-electron chi connectivity index (χ4n) is 2.27. The molecule has 2 aliphatic heterocycles. The van der Waals surface area contributed by atoms with Gasteiger partial charge in [0, 0.05) is 7.11 Å². The van der Waals surface area contributed by atoms with Crippen LogP contribution in [-0.4, -0.2) is 49.3 Å². The molecule has 7 atom stereocenters. The Balaban J connectivity index is 1.85. The molecular weight excluding hydrogens is 214 g/mol. The minimum atomic E-state index is -1.18. The number of ether oxygens (including phenoxy) is 4. The summed E-state index contributed by atoms with van der Waals surface area (Å²) in [7, 11) is 1.41. The van der Waals surface area contributed by atoms with Crippen LogP contribution in [0.3, 0.4) is 0 Å². The van der Waals surface area contributed by atoms with Crippen molar-refractivity contribution in [1.29, 1.82) is 0 Å². The van der Waals surface area contributed by atoms with E-state index in [0.29, 0.717) is 0 Å². The van der Waals surface area contributed by atoms with Gasteiger partial charge in [-0.05, 0) is 13.8 Å². The average molecular weight is 233 g/mol. The molecule has 0 aromatic carbocycles. The topological polar surface area (TPSA) is 83.2 Å². The standard InChI is InChI=1S/C10H19NO5/c1-4-6-7(5(2)14-4)15-10(6)16-9(12)8(11)13-3/h4-10,12H,11H2,1-3H3/t4-,5+,6?,7?,8?,9?,10+/m0/s1. The smallest absolute Gasteiger partial charge is 0.197 e. The minimum Gasteiger partial charge on any atom is -0.372 e. The van der Waals surface area contributed by atoms with Crippen molar-refractivity contribution in [2.45, 2.75) is 51.0 Å². The quantitative estimate of drug-likeness (QED) is 0.631. The van der Waals surface area contributed by atoms with Crippen LogP contribution in [0.5, 0.6) is 0 Å². The van der Waals surface area contributed by atoms with Gasteiger partial charge in [-0.2, -0.15) is 0 Å². The van der Waals surface area contributed by atoms with Crippen molar-refractivity contribution in [3.63, 3.8) is 0 Å². The van der Waals surface area contributed by atoms with Gasteiger partial charge < -0.3 is 29.8 Å². The predicted molar refractivity (Wildman–Crippen MR) is 54.2 cm³/mol. The van der Waals surface area contributed by atoms with Crippen LogP contribution in [0.25, 0.3) is 0 Å². The SMILES string of the molecule is COC(N)C(O)O[C@H]1OC2C1[C@H](C)O[C@@H]2C. The molecule has 0 aliphatic carbocycles. The lowest BCUT2D eigenvalue weighted by Crippen LogP contribution is -2.56. The molecule has 0 aromatic heterocycles. The molecule has 2 heterocycles. The van der Waals surface area contributed by atoms with Crippen molar-refractivity contribution >= 4 is 0 Å². The van der Waals surface area contributed by atoms with Crippen LogP contribution in [0.1, 0.15) is 13.8 Å². The minimum absolute atomic E-state index is 0.0611. The lowest BCUT2D eigenvalue weighted by atomic mass is 9.91. The molecule has 2 saturated heterocycles. The molecule has 0 aromatic rings. The molecular formula is C10H19NO5. The van der Waals surface area contributed by atoms with Crippen molar-refractivity contribution in [3.05, 3.63) is 0 Å². The Morgan fingerprint density at radius 1 is 1.25 bits per heavy atom. The number of aliphatic hydroxyl groups is 1. The molecule has 2 aliphatic rings. The summed E-state index contributed by atoms with van der Waals surface area (Å²) >= 11 is 0. The molecule has 0 amide bonds. The number of fused-ring (bicyclic) bond motifs is 1. The normalized spacial score (nSPS) is 45.9. The maximum Gasteiger partial charge on any atom is 0.197 e. The predicted octanol–water partition coefficient (Wildman–Crippen LogP) is -0.599. The van der Waals surface area contributed by atoms with Gasteiger partial charge in [-0.15, -0.1) is 0 Å². The van der Waals surface area contributed by atoms with Crippen molar-refractivity contribution in [3.8, 4) is 0 Å². The third-order valence-electron chi connectivity index (χ3n) is 3.25. The fraction of sp³-hybridized carbons (Fsp3) is 1.00. The van der Waals surface area contributed by atoms with Crippen LogP contribution in [0.15, 0.2) is 0 Å². The molecule has 2 fully saturated rings. The van der Waals surface area contributed by atoms with E-state index >= 15 is 0 Å². The van der Waals surface area contributed by atoms with E-state index in [1.165, 1.54) is 7.11 Å². The van der Waals surface area contributed by atoms with Gasteiger partial charge >= 0.3 is 0 Å². The number of nitrogens with two attached hydrogens (primary N) is 1. The van der Waals surface area contributed by atoms with Gasteiger partial charge in [0.05, 0.1) is 24.2 Å². The van der Waals surface area contributed by atoms with E-state index in [-0.39, 0.29) is 24.2 Å². The third-order valence-corrected chi connectivity index (χ3v) is 3.25. The molecule has 6 heteroatoms. The van der Waals surface area contributed by atoms with Gasteiger partial charge in [-0.3, -0.25) is 0 Å². The summed E-state index contributed by atoms with van der Waals surface area (Å²) in [5.74, 6) is 0.161. The van der Waals surface area contributed by atoms with Gasteiger partial charge in [-0.25, -0.2) is 0 Å². The highest BCUT2D eigenvalue weighted by molar-refractivity contribution is 4.96. The highest BCUT2D eigenvalue weighted by atomic mass is 16.8. The first kappa shape index (κ1) is 12.2. The Morgan fingerprint density at radius 3 is 2.50 bits per heavy atom. The van der Waals surface area contributed by atoms with Crippen molar-refractivity contribution in [1.82, 2.24) is 0 Å². The zero-order valence-corrected chi connectivity index (χ0v) is 9.70. The molecule has 3 N–H and O–H groups in total. The Kier molecular flexibility index (Phi) is 3.48. The number of hydrogen-bond acceptors (Lipinski definition) is 6. The molecule has 0 saturated carbocycles. The molecule has 0 radical (unpaired) electrons. The molecule has 4 unspecified atom stereocenters. The summed E-state index contributed by atoms with van der Waals surface area (Å²) in [5.41, 5.74) is 5.46. The van der Waals surface area contributed by atoms with Gasteiger partial charge in [0.1, 0.15) is 0 Å². The summed E-state index contributed by atoms with van der Waals surface area (Å²) in [6.07, 6.45) is -2.29. The second-order valence-electron chi connectivity index (χ2n) is 4.32. The van der Waals surface area contributed by atoms with Gasteiger partial charge in [0.2, 0.25) is 0 Å². The average Bonchev–Trinajstić information content (AvgIpc) is 2.42. The number of methoxy groups -OCH3 is 1. The Hall–Kier alpha value is -0.240. The van der Waals surface area contributed by atoms with Gasteiger partial charge in [-0.1, -0.05) is 0 Å². The molecule has 2 rings (SSSR count). The van der Waals surface area contributed by atoms with Gasteiger partial charge in [0.25, 0.3) is 0 Å². The second kappa shape index (κ2) is 4.56. The summed E-state index contributed by atoms with van der Waals surface area (Å²) in [6.45, 7) is 3.94. The third kappa shape index (κ3) is 1.97. The Labute approximate surface area is 94.6 Å². The lowest BCUT2D eigenvalue weighted by molar-refractivity contribution is -0.347. The first-order valence-electron chi connectivity index (χ1n) is 5.47. The van der Waals surface area contributed by atoms with Crippen molar-refractivity contribution in [2.24, 2.45) is 11.7 Å². The van der Waals surface area contributed by atoms with E-state index in [0.717, 1.165) is 0 Å². The van der Waals surface area contributed by atoms with E-state index in [1.54, 1.807) is 0 Å². The zero-order chi connectivity index (χ0) is 11.9. The molecule has 94 valence electrons. The van der Waals surface area contributed by atoms with Crippen LogP contribution in [0.2, 0.25) is 0 Å². The van der Waals surface area contributed by atoms with Crippen LogP contribution in [-0.2, 0) is 18.9 Å². The number of aliphatic hydroxyl groups excluding tert-OH is 1. The van der Waals surface area contributed by atoms with Crippen LogP contribution < -0.4 is 5.73 Å². The summed E-state index contributed by atoms with van der Waals surface area (Å²) < 4.78 is 21.1. The molecule has 0 bridgehead atoms. The van der Waals surface area contributed by atoms with Crippen LogP contribution in [0.4, 0.5) is 0 Å². The zero-order valence-electron chi connectivity index (χ0n) is 9.70. The second-order valence-corrected chi connectivity index (χ2v) is 4.32.